The first-order valence-electron chi connectivity index (χ1n) is 10.5. The van der Waals surface area contributed by atoms with Crippen LogP contribution in [-0.4, -0.2) is 72.4 Å². The summed E-state index contributed by atoms with van der Waals surface area (Å²) in [6, 6.07) is 6.32. The summed E-state index contributed by atoms with van der Waals surface area (Å²) in [5.74, 6) is 0.333. The van der Waals surface area contributed by atoms with Crippen LogP contribution in [0.15, 0.2) is 24.4 Å². The molecular formula is C21H33N5O2. The Labute approximate surface area is 167 Å². The average molecular weight is 388 g/mol. The van der Waals surface area contributed by atoms with Gasteiger partial charge in [0.1, 0.15) is 0 Å². The lowest BCUT2D eigenvalue weighted by Gasteiger charge is -2.42. The lowest BCUT2D eigenvalue weighted by molar-refractivity contribution is -0.127. The van der Waals surface area contributed by atoms with Crippen LogP contribution in [0.2, 0.25) is 0 Å². The summed E-state index contributed by atoms with van der Waals surface area (Å²) in [6.45, 7) is 5.36. The second kappa shape index (κ2) is 10.5. The molecule has 0 aliphatic carbocycles. The van der Waals surface area contributed by atoms with E-state index in [0.29, 0.717) is 19.0 Å². The van der Waals surface area contributed by atoms with E-state index in [2.05, 4.69) is 25.4 Å². The maximum Gasteiger partial charge on any atom is 0.224 e. The van der Waals surface area contributed by atoms with Crippen LogP contribution < -0.4 is 10.6 Å². The van der Waals surface area contributed by atoms with Gasteiger partial charge in [-0.15, -0.1) is 0 Å². The third-order valence-corrected chi connectivity index (χ3v) is 6.00. The molecule has 2 saturated heterocycles. The van der Waals surface area contributed by atoms with Crippen molar-refractivity contribution in [2.45, 2.75) is 44.7 Å². The van der Waals surface area contributed by atoms with Gasteiger partial charge in [-0.05, 0) is 57.5 Å². The van der Waals surface area contributed by atoms with E-state index in [1.165, 1.54) is 0 Å². The van der Waals surface area contributed by atoms with Crippen molar-refractivity contribution >= 4 is 11.8 Å². The number of amides is 2. The van der Waals surface area contributed by atoms with Gasteiger partial charge in [0.15, 0.2) is 0 Å². The fourth-order valence-electron chi connectivity index (χ4n) is 4.27. The molecule has 0 unspecified atom stereocenters. The molecule has 0 aromatic carbocycles. The molecule has 7 nitrogen and oxygen atoms in total. The largest absolute Gasteiger partial charge is 0.359 e. The number of likely N-dealkylation sites (tertiary alicyclic amines) is 2. The SMILES string of the molecule is CNC(=O)CCN1CCC(N2CCC[C@@H](C(=O)NCc3ccccn3)C2)CC1. The van der Waals surface area contributed by atoms with E-state index in [-0.39, 0.29) is 17.7 Å². The fraction of sp³-hybridized carbons (Fsp3) is 0.667. The lowest BCUT2D eigenvalue weighted by atomic mass is 9.93. The van der Waals surface area contributed by atoms with Gasteiger partial charge in [0.25, 0.3) is 0 Å². The van der Waals surface area contributed by atoms with Gasteiger partial charge in [0.05, 0.1) is 18.2 Å². The Morgan fingerprint density at radius 2 is 2.00 bits per heavy atom. The summed E-state index contributed by atoms with van der Waals surface area (Å²) in [6.07, 6.45) is 6.62. The zero-order valence-corrected chi connectivity index (χ0v) is 16.9. The second-order valence-electron chi connectivity index (χ2n) is 7.87. The number of pyridine rings is 1. The summed E-state index contributed by atoms with van der Waals surface area (Å²) in [5.41, 5.74) is 0.896. The van der Waals surface area contributed by atoms with E-state index in [9.17, 15) is 9.59 Å². The molecule has 2 aliphatic rings. The second-order valence-corrected chi connectivity index (χ2v) is 7.87. The van der Waals surface area contributed by atoms with Gasteiger partial charge in [-0.25, -0.2) is 0 Å². The first kappa shape index (κ1) is 20.7. The van der Waals surface area contributed by atoms with E-state index < -0.39 is 0 Å². The van der Waals surface area contributed by atoms with Gasteiger partial charge in [0, 0.05) is 38.8 Å². The summed E-state index contributed by atoms with van der Waals surface area (Å²) in [5, 5.41) is 5.74. The zero-order valence-electron chi connectivity index (χ0n) is 16.9. The number of carbonyl (C=O) groups is 2. The molecule has 3 heterocycles. The van der Waals surface area contributed by atoms with Crippen molar-refractivity contribution in [3.8, 4) is 0 Å². The fourth-order valence-corrected chi connectivity index (χ4v) is 4.27. The van der Waals surface area contributed by atoms with Crippen molar-refractivity contribution in [3.05, 3.63) is 30.1 Å². The maximum absolute atomic E-state index is 12.6. The van der Waals surface area contributed by atoms with E-state index in [1.54, 1.807) is 13.2 Å². The Morgan fingerprint density at radius 1 is 1.18 bits per heavy atom. The highest BCUT2D eigenvalue weighted by Gasteiger charge is 2.31. The Bertz CT molecular complexity index is 631. The summed E-state index contributed by atoms with van der Waals surface area (Å²) in [7, 11) is 1.69. The summed E-state index contributed by atoms with van der Waals surface area (Å²) in [4.78, 5) is 33.2. The van der Waals surface area contributed by atoms with Crippen molar-refractivity contribution < 1.29 is 9.59 Å². The van der Waals surface area contributed by atoms with Crippen molar-refractivity contribution in [1.82, 2.24) is 25.4 Å². The molecule has 0 saturated carbocycles. The van der Waals surface area contributed by atoms with Crippen molar-refractivity contribution in [2.24, 2.45) is 5.92 Å². The topological polar surface area (TPSA) is 77.6 Å². The van der Waals surface area contributed by atoms with E-state index in [1.807, 2.05) is 18.2 Å². The lowest BCUT2D eigenvalue weighted by Crippen LogP contribution is -2.51. The Balaban J connectivity index is 1.41. The highest BCUT2D eigenvalue weighted by molar-refractivity contribution is 5.79. The minimum atomic E-state index is 0.0729. The Kier molecular flexibility index (Phi) is 7.80. The van der Waals surface area contributed by atoms with Crippen LogP contribution in [0.1, 0.15) is 37.8 Å². The number of nitrogens with one attached hydrogen (secondary N) is 2. The van der Waals surface area contributed by atoms with Crippen LogP contribution in [0.25, 0.3) is 0 Å². The predicted octanol–water partition coefficient (Wildman–Crippen LogP) is 1.01. The molecule has 7 heteroatoms. The number of rotatable bonds is 7. The van der Waals surface area contributed by atoms with Gasteiger partial charge in [-0.2, -0.15) is 0 Å². The molecule has 2 fully saturated rings. The van der Waals surface area contributed by atoms with Crippen LogP contribution in [0.4, 0.5) is 0 Å². The van der Waals surface area contributed by atoms with Gasteiger partial charge < -0.3 is 15.5 Å². The quantitative estimate of drug-likeness (QED) is 0.730. The molecule has 2 amide bonds. The summed E-state index contributed by atoms with van der Waals surface area (Å²) < 4.78 is 0. The van der Waals surface area contributed by atoms with E-state index in [4.69, 9.17) is 0 Å². The molecular weight excluding hydrogens is 354 g/mol. The smallest absolute Gasteiger partial charge is 0.224 e. The first-order chi connectivity index (χ1) is 13.7. The van der Waals surface area contributed by atoms with E-state index >= 15 is 0 Å². The summed E-state index contributed by atoms with van der Waals surface area (Å²) >= 11 is 0. The molecule has 0 spiro atoms. The molecule has 1 aromatic heterocycles. The Morgan fingerprint density at radius 3 is 2.71 bits per heavy atom. The number of nitrogens with zero attached hydrogens (tertiary/aromatic N) is 3. The van der Waals surface area contributed by atoms with Crippen molar-refractivity contribution in [2.75, 3.05) is 39.8 Å². The molecule has 3 rings (SSSR count). The minimum Gasteiger partial charge on any atom is -0.359 e. The molecule has 2 N–H and O–H groups in total. The predicted molar refractivity (Wildman–Crippen MR) is 109 cm³/mol. The van der Waals surface area contributed by atoms with Crippen LogP contribution in [0, 0.1) is 5.92 Å². The number of hydrogen-bond acceptors (Lipinski definition) is 5. The number of aromatic nitrogens is 1. The van der Waals surface area contributed by atoms with Crippen molar-refractivity contribution in [3.63, 3.8) is 0 Å². The monoisotopic (exact) mass is 387 g/mol. The zero-order chi connectivity index (χ0) is 19.8. The van der Waals surface area contributed by atoms with Crippen LogP contribution in [0.5, 0.6) is 0 Å². The molecule has 154 valence electrons. The molecule has 0 bridgehead atoms. The normalized spacial score (nSPS) is 22.0. The van der Waals surface area contributed by atoms with Crippen molar-refractivity contribution in [1.29, 1.82) is 0 Å². The minimum absolute atomic E-state index is 0.0729. The third kappa shape index (κ3) is 6.01. The molecule has 1 aromatic rings. The molecule has 28 heavy (non-hydrogen) atoms. The third-order valence-electron chi connectivity index (χ3n) is 6.00. The number of piperidine rings is 2. The number of carbonyl (C=O) groups excluding carboxylic acids is 2. The van der Waals surface area contributed by atoms with Gasteiger partial charge in [0.2, 0.25) is 11.8 Å². The maximum atomic E-state index is 12.6. The van der Waals surface area contributed by atoms with Gasteiger partial charge in [-0.3, -0.25) is 19.5 Å². The molecule has 0 radical (unpaired) electrons. The average Bonchev–Trinajstić information content (AvgIpc) is 2.77. The van der Waals surface area contributed by atoms with Crippen LogP contribution in [-0.2, 0) is 16.1 Å². The highest BCUT2D eigenvalue weighted by Crippen LogP contribution is 2.24. The van der Waals surface area contributed by atoms with Crippen LogP contribution in [0.3, 0.4) is 0 Å². The molecule has 1 atom stereocenters. The van der Waals surface area contributed by atoms with Gasteiger partial charge in [-0.1, -0.05) is 6.07 Å². The first-order valence-corrected chi connectivity index (χ1v) is 10.5. The Hall–Kier alpha value is -1.99. The van der Waals surface area contributed by atoms with Crippen LogP contribution >= 0.6 is 0 Å². The number of hydrogen-bond donors (Lipinski definition) is 2. The van der Waals surface area contributed by atoms with E-state index in [0.717, 1.165) is 64.1 Å². The standard InChI is InChI=1S/C21H33N5O2/c1-22-20(27)9-14-25-12-7-19(8-13-25)26-11-4-5-17(16-26)21(28)24-15-18-6-2-3-10-23-18/h2-3,6,10,17,19H,4-5,7-9,11-16H2,1H3,(H,22,27)(H,24,28)/t17-/m1/s1. The van der Waals surface area contributed by atoms with Gasteiger partial charge >= 0.3 is 0 Å². The highest BCUT2D eigenvalue weighted by atomic mass is 16.2. The molecule has 2 aliphatic heterocycles.